The van der Waals surface area contributed by atoms with E-state index in [0.717, 1.165) is 18.8 Å². The molecule has 1 unspecified atom stereocenters. The molecule has 2 nitrogen and oxygen atoms in total. The lowest BCUT2D eigenvalue weighted by Gasteiger charge is -2.17. The van der Waals surface area contributed by atoms with Gasteiger partial charge < -0.3 is 10.1 Å². The highest BCUT2D eigenvalue weighted by Crippen LogP contribution is 2.28. The average Bonchev–Trinajstić information content (AvgIpc) is 2.85. The standard InChI is InChI=1S/C16H21NOS/c1-4-9-18-14-7-5-13(6-8-14)16(17-3)15-11-19-10-12(15)2/h5-8,10-11,16-17H,4,9H2,1-3H3. The zero-order valence-electron chi connectivity index (χ0n) is 11.8. The first kappa shape index (κ1) is 14.1. The van der Waals surface area contributed by atoms with Gasteiger partial charge in [0.25, 0.3) is 0 Å². The Morgan fingerprint density at radius 3 is 2.47 bits per heavy atom. The molecule has 0 amide bonds. The molecule has 102 valence electrons. The highest BCUT2D eigenvalue weighted by Gasteiger charge is 2.14. The Balaban J connectivity index is 2.18. The summed E-state index contributed by atoms with van der Waals surface area (Å²) in [6, 6.07) is 8.65. The van der Waals surface area contributed by atoms with Gasteiger partial charge in [-0.15, -0.1) is 0 Å². The molecule has 0 aliphatic carbocycles. The molecule has 1 atom stereocenters. The van der Waals surface area contributed by atoms with Crippen molar-refractivity contribution in [1.82, 2.24) is 5.32 Å². The van der Waals surface area contributed by atoms with Crippen LogP contribution in [0.3, 0.4) is 0 Å². The normalized spacial score (nSPS) is 12.4. The van der Waals surface area contributed by atoms with Crippen molar-refractivity contribution in [3.05, 3.63) is 51.7 Å². The fourth-order valence-electron chi connectivity index (χ4n) is 2.14. The molecule has 2 aromatic rings. The van der Waals surface area contributed by atoms with E-state index >= 15 is 0 Å². The van der Waals surface area contributed by atoms with Crippen LogP contribution in [-0.4, -0.2) is 13.7 Å². The van der Waals surface area contributed by atoms with Crippen LogP contribution in [0.15, 0.2) is 35.0 Å². The summed E-state index contributed by atoms with van der Waals surface area (Å²) in [6.45, 7) is 5.05. The SMILES string of the molecule is CCCOc1ccc(C(NC)c2cscc2C)cc1. The molecule has 0 aliphatic heterocycles. The molecule has 0 spiro atoms. The minimum Gasteiger partial charge on any atom is -0.494 e. The van der Waals surface area contributed by atoms with Crippen LogP contribution in [0.2, 0.25) is 0 Å². The van der Waals surface area contributed by atoms with E-state index in [-0.39, 0.29) is 6.04 Å². The molecule has 0 bridgehead atoms. The van der Waals surface area contributed by atoms with Crippen molar-refractivity contribution in [3.63, 3.8) is 0 Å². The Hall–Kier alpha value is -1.32. The number of nitrogens with one attached hydrogen (secondary N) is 1. The first-order valence-corrected chi connectivity index (χ1v) is 7.63. The molecule has 0 fully saturated rings. The van der Waals surface area contributed by atoms with E-state index in [2.05, 4.69) is 54.2 Å². The van der Waals surface area contributed by atoms with Gasteiger partial charge in [-0.05, 0) is 60.0 Å². The maximum Gasteiger partial charge on any atom is 0.119 e. The van der Waals surface area contributed by atoms with Gasteiger partial charge in [0, 0.05) is 0 Å². The Labute approximate surface area is 119 Å². The Morgan fingerprint density at radius 2 is 1.95 bits per heavy atom. The quantitative estimate of drug-likeness (QED) is 0.855. The zero-order valence-corrected chi connectivity index (χ0v) is 12.6. The summed E-state index contributed by atoms with van der Waals surface area (Å²) in [4.78, 5) is 0. The van der Waals surface area contributed by atoms with Crippen molar-refractivity contribution in [2.24, 2.45) is 0 Å². The van der Waals surface area contributed by atoms with Gasteiger partial charge in [-0.3, -0.25) is 0 Å². The van der Waals surface area contributed by atoms with Crippen LogP contribution in [0, 0.1) is 6.92 Å². The van der Waals surface area contributed by atoms with E-state index < -0.39 is 0 Å². The molecule has 0 radical (unpaired) electrons. The minimum absolute atomic E-state index is 0.256. The van der Waals surface area contributed by atoms with E-state index in [1.807, 2.05) is 7.05 Å². The van der Waals surface area contributed by atoms with Gasteiger partial charge in [0.2, 0.25) is 0 Å². The van der Waals surface area contributed by atoms with E-state index in [4.69, 9.17) is 4.74 Å². The van der Waals surface area contributed by atoms with Gasteiger partial charge in [-0.1, -0.05) is 19.1 Å². The summed E-state index contributed by atoms with van der Waals surface area (Å²) < 4.78 is 5.62. The van der Waals surface area contributed by atoms with E-state index in [9.17, 15) is 0 Å². The monoisotopic (exact) mass is 275 g/mol. The van der Waals surface area contributed by atoms with Gasteiger partial charge in [-0.2, -0.15) is 11.3 Å². The van der Waals surface area contributed by atoms with Crippen LogP contribution >= 0.6 is 11.3 Å². The van der Waals surface area contributed by atoms with E-state index in [1.54, 1.807) is 11.3 Å². The zero-order chi connectivity index (χ0) is 13.7. The molecule has 19 heavy (non-hydrogen) atoms. The van der Waals surface area contributed by atoms with Crippen LogP contribution in [0.5, 0.6) is 5.75 Å². The van der Waals surface area contributed by atoms with Crippen LogP contribution in [0.25, 0.3) is 0 Å². The number of benzene rings is 1. The Bertz CT molecular complexity index is 504. The van der Waals surface area contributed by atoms with Gasteiger partial charge >= 0.3 is 0 Å². The topological polar surface area (TPSA) is 21.3 Å². The highest BCUT2D eigenvalue weighted by molar-refractivity contribution is 7.08. The summed E-state index contributed by atoms with van der Waals surface area (Å²) in [5, 5.41) is 7.80. The molecular formula is C16H21NOS. The number of aryl methyl sites for hydroxylation is 1. The molecule has 0 saturated heterocycles. The smallest absolute Gasteiger partial charge is 0.119 e. The Kier molecular flexibility index (Phi) is 5.00. The number of rotatable bonds is 6. The Morgan fingerprint density at radius 1 is 1.21 bits per heavy atom. The predicted molar refractivity (Wildman–Crippen MR) is 82.2 cm³/mol. The molecule has 2 rings (SSSR count). The second-order valence-corrected chi connectivity index (χ2v) is 5.39. The molecule has 0 aliphatic rings. The predicted octanol–water partition coefficient (Wildman–Crippen LogP) is 4.15. The maximum absolute atomic E-state index is 5.62. The fraction of sp³-hybridized carbons (Fsp3) is 0.375. The largest absolute Gasteiger partial charge is 0.494 e. The maximum atomic E-state index is 5.62. The number of hydrogen-bond acceptors (Lipinski definition) is 3. The summed E-state index contributed by atoms with van der Waals surface area (Å²) in [6.07, 6.45) is 1.04. The minimum atomic E-state index is 0.256. The van der Waals surface area contributed by atoms with Crippen molar-refractivity contribution in [1.29, 1.82) is 0 Å². The van der Waals surface area contributed by atoms with Crippen molar-refractivity contribution < 1.29 is 4.74 Å². The third-order valence-corrected chi connectivity index (χ3v) is 4.06. The average molecular weight is 275 g/mol. The molecule has 1 aromatic heterocycles. The molecule has 3 heteroatoms. The van der Waals surface area contributed by atoms with E-state index in [0.29, 0.717) is 0 Å². The summed E-state index contributed by atoms with van der Waals surface area (Å²) in [5.41, 5.74) is 3.97. The van der Waals surface area contributed by atoms with E-state index in [1.165, 1.54) is 16.7 Å². The number of ether oxygens (including phenoxy) is 1. The third kappa shape index (κ3) is 3.37. The number of thiophene rings is 1. The molecule has 1 N–H and O–H groups in total. The highest BCUT2D eigenvalue weighted by atomic mass is 32.1. The number of hydrogen-bond donors (Lipinski definition) is 1. The molecule has 1 aromatic carbocycles. The lowest BCUT2D eigenvalue weighted by molar-refractivity contribution is 0.317. The van der Waals surface area contributed by atoms with Crippen LogP contribution in [0.1, 0.15) is 36.1 Å². The van der Waals surface area contributed by atoms with Gasteiger partial charge in [-0.25, -0.2) is 0 Å². The van der Waals surface area contributed by atoms with Crippen molar-refractivity contribution in [2.45, 2.75) is 26.3 Å². The first-order chi connectivity index (χ1) is 9.26. The molecule has 1 heterocycles. The molecule has 0 saturated carbocycles. The summed E-state index contributed by atoms with van der Waals surface area (Å²) >= 11 is 1.75. The van der Waals surface area contributed by atoms with Crippen LogP contribution < -0.4 is 10.1 Å². The molecular weight excluding hydrogens is 254 g/mol. The third-order valence-electron chi connectivity index (χ3n) is 3.18. The lowest BCUT2D eigenvalue weighted by atomic mass is 9.98. The van der Waals surface area contributed by atoms with Crippen molar-refractivity contribution >= 4 is 11.3 Å². The van der Waals surface area contributed by atoms with Gasteiger partial charge in [0.05, 0.1) is 12.6 Å². The van der Waals surface area contributed by atoms with Gasteiger partial charge in [0.15, 0.2) is 0 Å². The lowest BCUT2D eigenvalue weighted by Crippen LogP contribution is -2.17. The van der Waals surface area contributed by atoms with Crippen molar-refractivity contribution in [3.8, 4) is 5.75 Å². The van der Waals surface area contributed by atoms with Crippen LogP contribution in [0.4, 0.5) is 0 Å². The fourth-order valence-corrected chi connectivity index (χ4v) is 3.02. The second-order valence-electron chi connectivity index (χ2n) is 4.65. The van der Waals surface area contributed by atoms with Crippen LogP contribution in [-0.2, 0) is 0 Å². The summed E-state index contributed by atoms with van der Waals surface area (Å²) in [7, 11) is 2.00. The second kappa shape index (κ2) is 6.73. The first-order valence-electron chi connectivity index (χ1n) is 6.69. The van der Waals surface area contributed by atoms with Crippen molar-refractivity contribution in [2.75, 3.05) is 13.7 Å². The van der Waals surface area contributed by atoms with Gasteiger partial charge in [0.1, 0.15) is 5.75 Å². The summed E-state index contributed by atoms with van der Waals surface area (Å²) in [5.74, 6) is 0.947.